The molecule has 1 fully saturated rings. The van der Waals surface area contributed by atoms with Gasteiger partial charge < -0.3 is 4.74 Å². The fourth-order valence-electron chi connectivity index (χ4n) is 3.22. The second kappa shape index (κ2) is 8.02. The van der Waals surface area contributed by atoms with E-state index in [4.69, 9.17) is 0 Å². The molecule has 1 saturated carbocycles. The first-order valence-corrected chi connectivity index (χ1v) is 8.35. The zero-order valence-electron chi connectivity index (χ0n) is 13.4. The number of alkyl halides is 4. The molecule has 1 aliphatic rings. The summed E-state index contributed by atoms with van der Waals surface area (Å²) < 4.78 is 53.3. The lowest BCUT2D eigenvalue weighted by Crippen LogP contribution is -2.29. The number of halogens is 4. The molecule has 0 heterocycles. The van der Waals surface area contributed by atoms with Crippen LogP contribution in [0.5, 0.6) is 5.75 Å². The van der Waals surface area contributed by atoms with Gasteiger partial charge in [-0.1, -0.05) is 51.2 Å². The third-order valence-electron chi connectivity index (χ3n) is 4.81. The van der Waals surface area contributed by atoms with Crippen molar-refractivity contribution in [1.82, 2.24) is 0 Å². The largest absolute Gasteiger partial charge is 0.457 e. The van der Waals surface area contributed by atoms with E-state index in [1.165, 1.54) is 44.2 Å². The van der Waals surface area contributed by atoms with Crippen molar-refractivity contribution in [2.45, 2.75) is 64.4 Å². The van der Waals surface area contributed by atoms with Gasteiger partial charge >= 0.3 is 12.5 Å². The fraction of sp³-hybridized carbons (Fsp3) is 0.667. The lowest BCUT2D eigenvalue weighted by atomic mass is 9.78. The first kappa shape index (κ1) is 18.1. The normalized spacial score (nSPS) is 23.5. The molecule has 0 spiro atoms. The molecule has 2 rings (SSSR count). The lowest BCUT2D eigenvalue weighted by molar-refractivity contribution is -0.236. The second-order valence-electron chi connectivity index (χ2n) is 6.45. The highest BCUT2D eigenvalue weighted by Gasteiger charge is 2.42. The third kappa shape index (κ3) is 5.70. The summed E-state index contributed by atoms with van der Waals surface area (Å²) in [4.78, 5) is 0. The standard InChI is InChI=1S/C18H24F4O/c1-2-13-3-5-14(6-4-13)7-8-15-9-11-16(12-10-15)23-17(19)18(20,21)22/h9-14,17H,2-8H2,1H3. The van der Waals surface area contributed by atoms with Crippen molar-refractivity contribution in [3.8, 4) is 5.75 Å². The lowest BCUT2D eigenvalue weighted by Gasteiger charge is -2.27. The highest BCUT2D eigenvalue weighted by molar-refractivity contribution is 5.27. The highest BCUT2D eigenvalue weighted by atomic mass is 19.4. The van der Waals surface area contributed by atoms with Gasteiger partial charge in [0.05, 0.1) is 0 Å². The predicted molar refractivity (Wildman–Crippen MR) is 82.1 cm³/mol. The number of aryl methyl sites for hydroxylation is 1. The van der Waals surface area contributed by atoms with Crippen LogP contribution in [0.3, 0.4) is 0 Å². The topological polar surface area (TPSA) is 9.23 Å². The fourth-order valence-corrected chi connectivity index (χ4v) is 3.22. The molecule has 0 saturated heterocycles. The van der Waals surface area contributed by atoms with Crippen molar-refractivity contribution in [3.05, 3.63) is 29.8 Å². The van der Waals surface area contributed by atoms with Gasteiger partial charge in [-0.25, -0.2) is 0 Å². The first-order chi connectivity index (χ1) is 10.9. The quantitative estimate of drug-likeness (QED) is 0.574. The number of ether oxygens (including phenoxy) is 1. The molecule has 5 heteroatoms. The minimum atomic E-state index is -4.99. The average molecular weight is 332 g/mol. The smallest absolute Gasteiger partial charge is 0.452 e. The zero-order valence-corrected chi connectivity index (χ0v) is 13.4. The third-order valence-corrected chi connectivity index (χ3v) is 4.81. The molecule has 0 radical (unpaired) electrons. The van der Waals surface area contributed by atoms with Crippen LogP contribution in [0, 0.1) is 11.8 Å². The summed E-state index contributed by atoms with van der Waals surface area (Å²) in [5, 5.41) is 0. The number of rotatable bonds is 6. The second-order valence-corrected chi connectivity index (χ2v) is 6.45. The molecular formula is C18H24F4O. The average Bonchev–Trinajstić information content (AvgIpc) is 2.54. The van der Waals surface area contributed by atoms with Gasteiger partial charge in [-0.3, -0.25) is 0 Å². The van der Waals surface area contributed by atoms with E-state index in [2.05, 4.69) is 11.7 Å². The van der Waals surface area contributed by atoms with Crippen LogP contribution < -0.4 is 4.74 Å². The van der Waals surface area contributed by atoms with E-state index >= 15 is 0 Å². The summed E-state index contributed by atoms with van der Waals surface area (Å²) in [6, 6.07) is 6.25. The summed E-state index contributed by atoms with van der Waals surface area (Å²) in [7, 11) is 0. The van der Waals surface area contributed by atoms with E-state index in [0.717, 1.165) is 30.2 Å². The Morgan fingerprint density at radius 1 is 1.04 bits per heavy atom. The van der Waals surface area contributed by atoms with Crippen molar-refractivity contribution in [2.24, 2.45) is 11.8 Å². The van der Waals surface area contributed by atoms with Crippen molar-refractivity contribution in [3.63, 3.8) is 0 Å². The molecular weight excluding hydrogens is 308 g/mol. The Morgan fingerprint density at radius 3 is 2.13 bits per heavy atom. The van der Waals surface area contributed by atoms with Crippen molar-refractivity contribution in [1.29, 1.82) is 0 Å². The number of hydrogen-bond acceptors (Lipinski definition) is 1. The maximum absolute atomic E-state index is 12.8. The molecule has 1 aliphatic carbocycles. The predicted octanol–water partition coefficient (Wildman–Crippen LogP) is 6.07. The summed E-state index contributed by atoms with van der Waals surface area (Å²) in [5.74, 6) is 1.53. The Labute approximate surface area is 135 Å². The van der Waals surface area contributed by atoms with Crippen LogP contribution in [-0.4, -0.2) is 12.5 Å². The number of hydrogen-bond donors (Lipinski definition) is 0. The molecule has 1 aromatic rings. The summed E-state index contributed by atoms with van der Waals surface area (Å²) in [5.41, 5.74) is 1.05. The summed E-state index contributed by atoms with van der Waals surface area (Å²) in [6.45, 7) is 2.25. The van der Waals surface area contributed by atoms with E-state index in [1.54, 1.807) is 12.1 Å². The van der Waals surface area contributed by atoms with Crippen LogP contribution in [0.1, 0.15) is 51.0 Å². The molecule has 1 aromatic carbocycles. The van der Waals surface area contributed by atoms with Gasteiger partial charge in [0.25, 0.3) is 0 Å². The molecule has 1 unspecified atom stereocenters. The van der Waals surface area contributed by atoms with Gasteiger partial charge in [-0.15, -0.1) is 0 Å². The Hall–Kier alpha value is -1.26. The summed E-state index contributed by atoms with van der Waals surface area (Å²) in [6.07, 6.45) is 0.167. The molecule has 1 atom stereocenters. The molecule has 23 heavy (non-hydrogen) atoms. The molecule has 1 nitrogen and oxygen atoms in total. The van der Waals surface area contributed by atoms with Crippen LogP contribution in [0.15, 0.2) is 24.3 Å². The molecule has 0 bridgehead atoms. The maximum atomic E-state index is 12.8. The van der Waals surface area contributed by atoms with Crippen LogP contribution in [0.25, 0.3) is 0 Å². The molecule has 0 N–H and O–H groups in total. The first-order valence-electron chi connectivity index (χ1n) is 8.35. The minimum absolute atomic E-state index is 0.0953. The Morgan fingerprint density at radius 2 is 1.61 bits per heavy atom. The molecule has 0 aliphatic heterocycles. The monoisotopic (exact) mass is 332 g/mol. The van der Waals surface area contributed by atoms with Crippen molar-refractivity contribution >= 4 is 0 Å². The minimum Gasteiger partial charge on any atom is -0.452 e. The Balaban J connectivity index is 1.77. The highest BCUT2D eigenvalue weighted by Crippen LogP contribution is 2.33. The van der Waals surface area contributed by atoms with Gasteiger partial charge in [0, 0.05) is 0 Å². The zero-order chi connectivity index (χ0) is 16.9. The van der Waals surface area contributed by atoms with E-state index in [0.29, 0.717) is 0 Å². The van der Waals surface area contributed by atoms with E-state index in [-0.39, 0.29) is 5.75 Å². The van der Waals surface area contributed by atoms with Crippen LogP contribution in [0.4, 0.5) is 17.6 Å². The molecule has 130 valence electrons. The summed E-state index contributed by atoms with van der Waals surface area (Å²) >= 11 is 0. The van der Waals surface area contributed by atoms with E-state index in [9.17, 15) is 17.6 Å². The van der Waals surface area contributed by atoms with E-state index < -0.39 is 12.5 Å². The molecule has 0 aromatic heterocycles. The Kier molecular flexibility index (Phi) is 6.31. The van der Waals surface area contributed by atoms with Gasteiger partial charge in [0.1, 0.15) is 5.75 Å². The van der Waals surface area contributed by atoms with Crippen LogP contribution in [0.2, 0.25) is 0 Å². The van der Waals surface area contributed by atoms with Crippen LogP contribution in [-0.2, 0) is 6.42 Å². The van der Waals surface area contributed by atoms with Gasteiger partial charge in [0.15, 0.2) is 0 Å². The van der Waals surface area contributed by atoms with Crippen molar-refractivity contribution < 1.29 is 22.3 Å². The van der Waals surface area contributed by atoms with Crippen LogP contribution >= 0.6 is 0 Å². The van der Waals surface area contributed by atoms with Gasteiger partial charge in [-0.2, -0.15) is 17.6 Å². The van der Waals surface area contributed by atoms with Gasteiger partial charge in [-0.05, 0) is 42.4 Å². The van der Waals surface area contributed by atoms with Crippen molar-refractivity contribution in [2.75, 3.05) is 0 Å². The van der Waals surface area contributed by atoms with E-state index in [1.807, 2.05) is 0 Å². The Bertz CT molecular complexity index is 461. The number of benzene rings is 1. The maximum Gasteiger partial charge on any atom is 0.457 e. The molecule has 0 amide bonds. The van der Waals surface area contributed by atoms with Gasteiger partial charge in [0.2, 0.25) is 0 Å². The SMILES string of the molecule is CCC1CCC(CCc2ccc(OC(F)C(F)(F)F)cc2)CC1.